The minimum Gasteiger partial charge on any atom is -0.480 e. The van der Waals surface area contributed by atoms with Gasteiger partial charge in [-0.15, -0.1) is 0 Å². The highest BCUT2D eigenvalue weighted by Gasteiger charge is 2.13. The van der Waals surface area contributed by atoms with Crippen LogP contribution in [-0.4, -0.2) is 106 Å². The molecule has 0 aromatic heterocycles. The second-order valence-electron chi connectivity index (χ2n) is 9.19. The molecular weight excluding hydrogens is 472 g/mol. The van der Waals surface area contributed by atoms with Crippen LogP contribution in [-0.2, 0) is 30.3 Å². The highest BCUT2D eigenvalue weighted by atomic mass is 16.5. The summed E-state index contributed by atoms with van der Waals surface area (Å²) in [5.41, 5.74) is 1.33. The topological polar surface area (TPSA) is 80.7 Å². The van der Waals surface area contributed by atoms with E-state index < -0.39 is 5.97 Å². The first-order chi connectivity index (χ1) is 18.2. The number of hydrogen-bond donors (Lipinski definition) is 1. The molecule has 8 heteroatoms. The molecule has 1 heterocycles. The summed E-state index contributed by atoms with van der Waals surface area (Å²) in [6.45, 7) is 7.50. The maximum atomic E-state index is 11.1. The molecule has 1 aliphatic heterocycles. The standard InChI is InChI=1S/C29H38N2O6/c32-29(33)23-31-11-15-36-19-17-34-13-9-30(10-14-35-18-20-37-16-12-31)22-28-26-7-3-1-5-24(26)21-25-6-2-4-8-27(25)28/h1-8,21H,9-20,22-23H2,(H,32,33). The normalized spacial score (nSPS) is 18.9. The molecule has 0 bridgehead atoms. The highest BCUT2D eigenvalue weighted by molar-refractivity contribution is 6.02. The fourth-order valence-corrected chi connectivity index (χ4v) is 4.65. The van der Waals surface area contributed by atoms with Crippen molar-refractivity contribution in [2.45, 2.75) is 6.54 Å². The molecule has 37 heavy (non-hydrogen) atoms. The number of carbonyl (C=O) groups is 1. The molecule has 3 aromatic rings. The van der Waals surface area contributed by atoms with Crippen molar-refractivity contribution in [2.75, 3.05) is 85.6 Å². The van der Waals surface area contributed by atoms with Gasteiger partial charge in [0.2, 0.25) is 0 Å². The predicted octanol–water partition coefficient (Wildman–Crippen LogP) is 3.26. The van der Waals surface area contributed by atoms with Gasteiger partial charge < -0.3 is 24.1 Å². The number of carboxylic acid groups (broad SMARTS) is 1. The van der Waals surface area contributed by atoms with Gasteiger partial charge in [0.15, 0.2) is 0 Å². The average molecular weight is 511 g/mol. The van der Waals surface area contributed by atoms with E-state index in [1.165, 1.54) is 27.1 Å². The molecule has 0 unspecified atom stereocenters. The Hall–Kier alpha value is -2.59. The lowest BCUT2D eigenvalue weighted by atomic mass is 9.96. The molecular formula is C29H38N2O6. The molecule has 0 spiro atoms. The summed E-state index contributed by atoms with van der Waals surface area (Å²) in [5.74, 6) is -0.852. The van der Waals surface area contributed by atoms with Crippen molar-refractivity contribution in [3.63, 3.8) is 0 Å². The first-order valence-corrected chi connectivity index (χ1v) is 13.1. The Morgan fingerprint density at radius 1 is 0.649 bits per heavy atom. The molecule has 0 atom stereocenters. The van der Waals surface area contributed by atoms with Crippen LogP contribution in [0.5, 0.6) is 0 Å². The third kappa shape index (κ3) is 8.74. The number of benzene rings is 3. The smallest absolute Gasteiger partial charge is 0.317 e. The summed E-state index contributed by atoms with van der Waals surface area (Å²) in [5, 5.41) is 14.2. The van der Waals surface area contributed by atoms with Crippen LogP contribution < -0.4 is 0 Å². The number of nitrogens with zero attached hydrogens (tertiary/aromatic N) is 2. The van der Waals surface area contributed by atoms with Crippen LogP contribution in [0, 0.1) is 0 Å². The van der Waals surface area contributed by atoms with Crippen molar-refractivity contribution in [1.82, 2.24) is 9.80 Å². The molecule has 1 saturated heterocycles. The lowest BCUT2D eigenvalue weighted by Gasteiger charge is -2.24. The number of hydrogen-bond acceptors (Lipinski definition) is 7. The Morgan fingerprint density at radius 3 is 1.54 bits per heavy atom. The number of carboxylic acids is 1. The molecule has 0 radical (unpaired) electrons. The van der Waals surface area contributed by atoms with Gasteiger partial charge >= 0.3 is 5.97 Å². The zero-order chi connectivity index (χ0) is 25.7. The summed E-state index contributed by atoms with van der Waals surface area (Å²) in [4.78, 5) is 15.3. The monoisotopic (exact) mass is 510 g/mol. The molecule has 0 aliphatic carbocycles. The van der Waals surface area contributed by atoms with Crippen molar-refractivity contribution in [3.05, 3.63) is 60.2 Å². The zero-order valence-electron chi connectivity index (χ0n) is 21.5. The van der Waals surface area contributed by atoms with Crippen molar-refractivity contribution in [1.29, 1.82) is 0 Å². The van der Waals surface area contributed by atoms with Crippen LogP contribution >= 0.6 is 0 Å². The number of aliphatic carboxylic acids is 1. The van der Waals surface area contributed by atoms with E-state index in [9.17, 15) is 4.79 Å². The molecule has 4 rings (SSSR count). The minimum atomic E-state index is -0.852. The van der Waals surface area contributed by atoms with Gasteiger partial charge in [-0.2, -0.15) is 0 Å². The van der Waals surface area contributed by atoms with Gasteiger partial charge in [0, 0.05) is 32.7 Å². The third-order valence-corrected chi connectivity index (χ3v) is 6.57. The van der Waals surface area contributed by atoms with Gasteiger partial charge in [-0.1, -0.05) is 48.5 Å². The fraction of sp³-hybridized carbons (Fsp3) is 0.483. The van der Waals surface area contributed by atoms with Gasteiger partial charge in [-0.25, -0.2) is 0 Å². The number of ether oxygens (including phenoxy) is 4. The Balaban J connectivity index is 1.39. The van der Waals surface area contributed by atoms with Gasteiger partial charge in [0.05, 0.1) is 59.4 Å². The van der Waals surface area contributed by atoms with Crippen LogP contribution in [0.3, 0.4) is 0 Å². The van der Waals surface area contributed by atoms with E-state index >= 15 is 0 Å². The van der Waals surface area contributed by atoms with Crippen LogP contribution in [0.25, 0.3) is 21.5 Å². The third-order valence-electron chi connectivity index (χ3n) is 6.57. The fourth-order valence-electron chi connectivity index (χ4n) is 4.65. The Labute approximate surface area is 218 Å². The van der Waals surface area contributed by atoms with Crippen molar-refractivity contribution in [2.24, 2.45) is 0 Å². The van der Waals surface area contributed by atoms with Crippen molar-refractivity contribution < 1.29 is 28.8 Å². The molecule has 0 amide bonds. The Bertz CT molecular complexity index is 1050. The molecule has 0 saturated carbocycles. The number of fused-ring (bicyclic) bond motifs is 2. The Morgan fingerprint density at radius 2 is 1.08 bits per heavy atom. The summed E-state index contributed by atoms with van der Waals surface area (Å²) in [6, 6.07) is 19.4. The van der Waals surface area contributed by atoms with E-state index in [2.05, 4.69) is 59.5 Å². The summed E-state index contributed by atoms with van der Waals surface area (Å²) >= 11 is 0. The van der Waals surface area contributed by atoms with E-state index in [1.54, 1.807) is 0 Å². The average Bonchev–Trinajstić information content (AvgIpc) is 2.90. The summed E-state index contributed by atoms with van der Waals surface area (Å²) in [6.07, 6.45) is 0. The van der Waals surface area contributed by atoms with E-state index in [1.807, 2.05) is 4.90 Å². The second-order valence-corrected chi connectivity index (χ2v) is 9.19. The zero-order valence-corrected chi connectivity index (χ0v) is 21.5. The largest absolute Gasteiger partial charge is 0.480 e. The molecule has 8 nitrogen and oxygen atoms in total. The van der Waals surface area contributed by atoms with Gasteiger partial charge in [0.1, 0.15) is 0 Å². The molecule has 1 aliphatic rings. The summed E-state index contributed by atoms with van der Waals surface area (Å²) in [7, 11) is 0. The molecule has 1 N–H and O–H groups in total. The van der Waals surface area contributed by atoms with E-state index in [4.69, 9.17) is 24.1 Å². The van der Waals surface area contributed by atoms with Gasteiger partial charge in [0.25, 0.3) is 0 Å². The van der Waals surface area contributed by atoms with Crippen molar-refractivity contribution in [3.8, 4) is 0 Å². The first-order valence-electron chi connectivity index (χ1n) is 13.1. The van der Waals surface area contributed by atoms with Crippen LogP contribution in [0.15, 0.2) is 54.6 Å². The molecule has 1 fully saturated rings. The quantitative estimate of drug-likeness (QED) is 0.536. The van der Waals surface area contributed by atoms with Gasteiger partial charge in [-0.05, 0) is 33.2 Å². The van der Waals surface area contributed by atoms with E-state index in [0.717, 1.165) is 19.6 Å². The van der Waals surface area contributed by atoms with Crippen LogP contribution in [0.1, 0.15) is 5.56 Å². The SMILES string of the molecule is O=C(O)CN1CCOCCOCCN(Cc2c3ccccc3cc3ccccc23)CCOCCOCC1. The van der Waals surface area contributed by atoms with E-state index in [0.29, 0.717) is 65.9 Å². The molecule has 3 aromatic carbocycles. The second kappa shape index (κ2) is 15.0. The first kappa shape index (κ1) is 27.4. The maximum absolute atomic E-state index is 11.1. The van der Waals surface area contributed by atoms with Gasteiger partial charge in [-0.3, -0.25) is 14.6 Å². The lowest BCUT2D eigenvalue weighted by molar-refractivity contribution is -0.138. The minimum absolute atomic E-state index is 0.0262. The summed E-state index contributed by atoms with van der Waals surface area (Å²) < 4.78 is 23.1. The highest BCUT2D eigenvalue weighted by Crippen LogP contribution is 2.29. The van der Waals surface area contributed by atoms with Crippen LogP contribution in [0.2, 0.25) is 0 Å². The van der Waals surface area contributed by atoms with Crippen LogP contribution in [0.4, 0.5) is 0 Å². The maximum Gasteiger partial charge on any atom is 0.317 e. The Kier molecular flexibility index (Phi) is 11.1. The number of rotatable bonds is 4. The van der Waals surface area contributed by atoms with Crippen molar-refractivity contribution >= 4 is 27.5 Å². The molecule has 200 valence electrons. The van der Waals surface area contributed by atoms with E-state index in [-0.39, 0.29) is 6.54 Å². The lowest BCUT2D eigenvalue weighted by Crippen LogP contribution is -2.36. The predicted molar refractivity (Wildman–Crippen MR) is 144 cm³/mol.